The Bertz CT molecular complexity index is 859. The van der Waals surface area contributed by atoms with Crippen LogP contribution in [0, 0.1) is 0 Å². The zero-order valence-corrected chi connectivity index (χ0v) is 14.2. The summed E-state index contributed by atoms with van der Waals surface area (Å²) < 4.78 is 5.44. The van der Waals surface area contributed by atoms with Crippen LogP contribution in [0.25, 0.3) is 11.6 Å². The molecule has 0 fully saturated rings. The molecule has 0 saturated heterocycles. The predicted octanol–water partition coefficient (Wildman–Crippen LogP) is 5.02. The van der Waals surface area contributed by atoms with E-state index < -0.39 is 5.97 Å². The van der Waals surface area contributed by atoms with E-state index in [-0.39, 0.29) is 6.61 Å². The first kappa shape index (κ1) is 16.9. The van der Waals surface area contributed by atoms with E-state index in [0.29, 0.717) is 16.3 Å². The van der Waals surface area contributed by atoms with Gasteiger partial charge < -0.3 is 4.74 Å². The van der Waals surface area contributed by atoms with Gasteiger partial charge in [-0.15, -0.1) is 0 Å². The van der Waals surface area contributed by atoms with Crippen LogP contribution in [0.4, 0.5) is 0 Å². The molecule has 0 unspecified atom stereocenters. The molecule has 0 aliphatic rings. The summed E-state index contributed by atoms with van der Waals surface area (Å²) in [5, 5.41) is 0.615. The third kappa shape index (κ3) is 4.78. The lowest BCUT2D eigenvalue weighted by Crippen LogP contribution is -2.08. The fourth-order valence-corrected chi connectivity index (χ4v) is 2.43. The van der Waals surface area contributed by atoms with Crippen LogP contribution < -0.4 is 0 Å². The van der Waals surface area contributed by atoms with Crippen molar-refractivity contribution in [2.45, 2.75) is 6.61 Å². The number of hydrogen-bond donors (Lipinski definition) is 0. The number of esters is 1. The Labute approximate surface area is 151 Å². The monoisotopic (exact) mass is 349 g/mol. The van der Waals surface area contributed by atoms with Crippen molar-refractivity contribution in [3.63, 3.8) is 0 Å². The average molecular weight is 350 g/mol. The van der Waals surface area contributed by atoms with Crippen LogP contribution in [0.5, 0.6) is 0 Å². The van der Waals surface area contributed by atoms with Crippen molar-refractivity contribution in [1.82, 2.24) is 4.98 Å². The van der Waals surface area contributed by atoms with Gasteiger partial charge in [0.2, 0.25) is 0 Å². The number of halogens is 1. The minimum absolute atomic E-state index is 0.124. The number of aromatic nitrogens is 1. The van der Waals surface area contributed by atoms with Crippen LogP contribution >= 0.6 is 11.6 Å². The molecule has 25 heavy (non-hydrogen) atoms. The number of ether oxygens (including phenoxy) is 1. The molecule has 0 saturated carbocycles. The Morgan fingerprint density at radius 2 is 1.68 bits per heavy atom. The average Bonchev–Trinajstić information content (AvgIpc) is 2.67. The Morgan fingerprint density at radius 1 is 0.960 bits per heavy atom. The van der Waals surface area contributed by atoms with Crippen molar-refractivity contribution in [3.05, 3.63) is 101 Å². The fourth-order valence-electron chi connectivity index (χ4n) is 2.31. The SMILES string of the molecule is O=C(OCc1ccccn1)/C(=C/c1ccccc1)c1ccc(Cl)cc1. The van der Waals surface area contributed by atoms with E-state index in [1.807, 2.05) is 54.6 Å². The maximum Gasteiger partial charge on any atom is 0.339 e. The van der Waals surface area contributed by atoms with E-state index in [0.717, 1.165) is 11.1 Å². The summed E-state index contributed by atoms with van der Waals surface area (Å²) in [6.07, 6.45) is 3.48. The summed E-state index contributed by atoms with van der Waals surface area (Å²) in [6.45, 7) is 0.124. The van der Waals surface area contributed by atoms with Crippen LogP contribution in [0.15, 0.2) is 79.0 Å². The minimum atomic E-state index is -0.406. The summed E-state index contributed by atoms with van der Waals surface area (Å²) in [7, 11) is 0. The summed E-state index contributed by atoms with van der Waals surface area (Å²) in [4.78, 5) is 16.8. The molecule has 124 valence electrons. The molecule has 0 spiro atoms. The highest BCUT2D eigenvalue weighted by Gasteiger charge is 2.14. The number of carbonyl (C=O) groups is 1. The predicted molar refractivity (Wildman–Crippen MR) is 99.8 cm³/mol. The van der Waals surface area contributed by atoms with Gasteiger partial charge in [0.1, 0.15) is 6.61 Å². The molecule has 0 atom stereocenters. The number of carbonyl (C=O) groups excluding carboxylic acids is 1. The summed E-state index contributed by atoms with van der Waals surface area (Å²) in [5.74, 6) is -0.406. The number of nitrogens with zero attached hydrogens (tertiary/aromatic N) is 1. The van der Waals surface area contributed by atoms with Gasteiger partial charge in [-0.1, -0.05) is 60.1 Å². The molecule has 0 bridgehead atoms. The number of rotatable bonds is 5. The summed E-state index contributed by atoms with van der Waals surface area (Å²) >= 11 is 5.95. The second kappa shape index (κ2) is 8.27. The highest BCUT2D eigenvalue weighted by atomic mass is 35.5. The molecule has 3 aromatic rings. The molecule has 0 aliphatic heterocycles. The lowest BCUT2D eigenvalue weighted by molar-refractivity contribution is -0.137. The molecule has 4 heteroatoms. The summed E-state index contributed by atoms with van der Waals surface area (Å²) in [5.41, 5.74) is 2.84. The molecule has 3 rings (SSSR count). The van der Waals surface area contributed by atoms with Crippen molar-refractivity contribution in [2.75, 3.05) is 0 Å². The molecule has 0 radical (unpaired) electrons. The maximum atomic E-state index is 12.7. The van der Waals surface area contributed by atoms with E-state index >= 15 is 0 Å². The van der Waals surface area contributed by atoms with Crippen molar-refractivity contribution in [2.24, 2.45) is 0 Å². The number of benzene rings is 2. The fraction of sp³-hybridized carbons (Fsp3) is 0.0476. The number of hydrogen-bond acceptors (Lipinski definition) is 3. The lowest BCUT2D eigenvalue weighted by atomic mass is 10.0. The van der Waals surface area contributed by atoms with Crippen LogP contribution in [0.1, 0.15) is 16.8 Å². The molecule has 0 aliphatic carbocycles. The zero-order valence-electron chi connectivity index (χ0n) is 13.4. The third-order valence-corrected chi connectivity index (χ3v) is 3.81. The smallest absolute Gasteiger partial charge is 0.339 e. The standard InChI is InChI=1S/C21H16ClNO2/c22-18-11-9-17(10-12-18)20(14-16-6-2-1-3-7-16)21(24)25-15-19-8-4-5-13-23-19/h1-14H,15H2/b20-14+. The van der Waals surface area contributed by atoms with Crippen molar-refractivity contribution in [1.29, 1.82) is 0 Å². The number of pyridine rings is 1. The second-order valence-electron chi connectivity index (χ2n) is 5.37. The van der Waals surface area contributed by atoms with Crippen LogP contribution in [0.3, 0.4) is 0 Å². The van der Waals surface area contributed by atoms with Gasteiger partial charge in [0.25, 0.3) is 0 Å². The van der Waals surface area contributed by atoms with Gasteiger partial charge in [-0.25, -0.2) is 4.79 Å². The highest BCUT2D eigenvalue weighted by molar-refractivity contribution is 6.30. The van der Waals surface area contributed by atoms with Crippen molar-refractivity contribution >= 4 is 29.2 Å². The lowest BCUT2D eigenvalue weighted by Gasteiger charge is -2.09. The molecule has 1 aromatic heterocycles. The van der Waals surface area contributed by atoms with Crippen LogP contribution in [0.2, 0.25) is 5.02 Å². The Kier molecular flexibility index (Phi) is 5.60. The van der Waals surface area contributed by atoms with E-state index in [1.54, 1.807) is 30.5 Å². The highest BCUT2D eigenvalue weighted by Crippen LogP contribution is 2.22. The van der Waals surface area contributed by atoms with E-state index in [4.69, 9.17) is 16.3 Å². The van der Waals surface area contributed by atoms with Crippen LogP contribution in [-0.2, 0) is 16.1 Å². The molecule has 1 heterocycles. The molecule has 0 N–H and O–H groups in total. The van der Waals surface area contributed by atoms with E-state index in [9.17, 15) is 4.79 Å². The molecule has 2 aromatic carbocycles. The van der Waals surface area contributed by atoms with Crippen molar-refractivity contribution < 1.29 is 9.53 Å². The van der Waals surface area contributed by atoms with Gasteiger partial charge in [-0.3, -0.25) is 4.98 Å². The molecular weight excluding hydrogens is 334 g/mol. The van der Waals surface area contributed by atoms with Gasteiger partial charge in [0.05, 0.1) is 11.3 Å². The topological polar surface area (TPSA) is 39.2 Å². The largest absolute Gasteiger partial charge is 0.456 e. The van der Waals surface area contributed by atoms with Crippen LogP contribution in [-0.4, -0.2) is 11.0 Å². The first-order chi connectivity index (χ1) is 12.2. The second-order valence-corrected chi connectivity index (χ2v) is 5.81. The van der Waals surface area contributed by atoms with Gasteiger partial charge in [0.15, 0.2) is 0 Å². The molecule has 0 amide bonds. The minimum Gasteiger partial charge on any atom is -0.456 e. The Balaban J connectivity index is 1.86. The first-order valence-corrected chi connectivity index (χ1v) is 8.20. The van der Waals surface area contributed by atoms with Gasteiger partial charge in [0, 0.05) is 11.2 Å². The van der Waals surface area contributed by atoms with Gasteiger partial charge in [-0.2, -0.15) is 0 Å². The Morgan fingerprint density at radius 3 is 2.36 bits per heavy atom. The molecule has 3 nitrogen and oxygen atoms in total. The Hall–Kier alpha value is -2.91. The van der Waals surface area contributed by atoms with E-state index in [1.165, 1.54) is 0 Å². The van der Waals surface area contributed by atoms with Crippen molar-refractivity contribution in [3.8, 4) is 0 Å². The molecular formula is C21H16ClNO2. The normalized spacial score (nSPS) is 11.2. The third-order valence-electron chi connectivity index (χ3n) is 3.56. The van der Waals surface area contributed by atoms with Gasteiger partial charge in [-0.05, 0) is 41.5 Å². The van der Waals surface area contributed by atoms with E-state index in [2.05, 4.69) is 4.98 Å². The summed E-state index contributed by atoms with van der Waals surface area (Å²) in [6, 6.07) is 22.2. The zero-order chi connectivity index (χ0) is 17.5. The maximum absolute atomic E-state index is 12.7. The van der Waals surface area contributed by atoms with Gasteiger partial charge >= 0.3 is 5.97 Å². The first-order valence-electron chi connectivity index (χ1n) is 7.82. The quantitative estimate of drug-likeness (QED) is 0.369.